The Morgan fingerprint density at radius 2 is 2.00 bits per heavy atom. The standard InChI is InChI=1S/C14H19NO3/c1-10(2)11-3-4-13(16)12(9-11)14(17)15-5-7-18-8-6-15/h3-4,9-10,16H,5-8H2,1-2H3. The van der Waals surface area contributed by atoms with Crippen LogP contribution < -0.4 is 0 Å². The van der Waals surface area contributed by atoms with Crippen molar-refractivity contribution in [2.75, 3.05) is 26.3 Å². The number of carbonyl (C=O) groups is 1. The highest BCUT2D eigenvalue weighted by atomic mass is 16.5. The molecule has 1 aliphatic rings. The van der Waals surface area contributed by atoms with E-state index in [1.54, 1.807) is 17.0 Å². The van der Waals surface area contributed by atoms with Crippen molar-refractivity contribution in [3.8, 4) is 5.75 Å². The van der Waals surface area contributed by atoms with Gasteiger partial charge < -0.3 is 14.7 Å². The van der Waals surface area contributed by atoms with Gasteiger partial charge in [-0.05, 0) is 23.6 Å². The largest absolute Gasteiger partial charge is 0.507 e. The molecule has 4 heteroatoms. The van der Waals surface area contributed by atoms with Gasteiger partial charge in [0.05, 0.1) is 18.8 Å². The average Bonchev–Trinajstić information content (AvgIpc) is 2.39. The van der Waals surface area contributed by atoms with Gasteiger partial charge in [-0.25, -0.2) is 0 Å². The predicted molar refractivity (Wildman–Crippen MR) is 68.9 cm³/mol. The summed E-state index contributed by atoms with van der Waals surface area (Å²) in [5.41, 5.74) is 1.45. The first-order valence-corrected chi connectivity index (χ1v) is 6.29. The van der Waals surface area contributed by atoms with E-state index in [-0.39, 0.29) is 11.7 Å². The maximum atomic E-state index is 12.3. The van der Waals surface area contributed by atoms with E-state index in [0.717, 1.165) is 5.56 Å². The Labute approximate surface area is 107 Å². The van der Waals surface area contributed by atoms with Crippen LogP contribution in [0.25, 0.3) is 0 Å². The zero-order valence-corrected chi connectivity index (χ0v) is 10.8. The van der Waals surface area contributed by atoms with Crippen LogP contribution in [0.4, 0.5) is 0 Å². The second-order valence-electron chi connectivity index (χ2n) is 4.84. The van der Waals surface area contributed by atoms with Gasteiger partial charge in [-0.3, -0.25) is 4.79 Å². The number of morpholine rings is 1. The fraction of sp³-hybridized carbons (Fsp3) is 0.500. The number of aromatic hydroxyl groups is 1. The van der Waals surface area contributed by atoms with E-state index in [0.29, 0.717) is 37.8 Å². The van der Waals surface area contributed by atoms with E-state index < -0.39 is 0 Å². The summed E-state index contributed by atoms with van der Waals surface area (Å²) in [7, 11) is 0. The zero-order chi connectivity index (χ0) is 13.1. The third kappa shape index (κ3) is 2.64. The monoisotopic (exact) mass is 249 g/mol. The first kappa shape index (κ1) is 12.9. The minimum atomic E-state index is -0.113. The molecule has 0 radical (unpaired) electrons. The Bertz CT molecular complexity index is 437. The van der Waals surface area contributed by atoms with Gasteiger partial charge in [0, 0.05) is 13.1 Å². The second-order valence-corrected chi connectivity index (χ2v) is 4.84. The normalized spacial score (nSPS) is 16.1. The van der Waals surface area contributed by atoms with E-state index >= 15 is 0 Å². The van der Waals surface area contributed by atoms with Gasteiger partial charge in [-0.2, -0.15) is 0 Å². The summed E-state index contributed by atoms with van der Waals surface area (Å²) in [5.74, 6) is 0.274. The molecule has 1 aliphatic heterocycles. The Morgan fingerprint density at radius 1 is 1.33 bits per heavy atom. The van der Waals surface area contributed by atoms with Crippen LogP contribution in [0.15, 0.2) is 18.2 Å². The molecule has 98 valence electrons. The maximum absolute atomic E-state index is 12.3. The lowest BCUT2D eigenvalue weighted by atomic mass is 9.99. The van der Waals surface area contributed by atoms with Crippen LogP contribution in [0.3, 0.4) is 0 Å². The molecule has 2 rings (SSSR count). The number of phenolic OH excluding ortho intramolecular Hbond substituents is 1. The third-order valence-corrected chi connectivity index (χ3v) is 3.22. The molecule has 1 aromatic rings. The smallest absolute Gasteiger partial charge is 0.257 e. The fourth-order valence-corrected chi connectivity index (χ4v) is 2.02. The molecular formula is C14H19NO3. The molecule has 0 atom stereocenters. The molecule has 1 heterocycles. The molecular weight excluding hydrogens is 230 g/mol. The first-order chi connectivity index (χ1) is 8.59. The van der Waals surface area contributed by atoms with Crippen molar-refractivity contribution in [3.63, 3.8) is 0 Å². The molecule has 0 unspecified atom stereocenters. The van der Waals surface area contributed by atoms with Gasteiger partial charge in [0.25, 0.3) is 5.91 Å². The molecule has 4 nitrogen and oxygen atoms in total. The van der Waals surface area contributed by atoms with Crippen LogP contribution in [0.1, 0.15) is 35.7 Å². The molecule has 0 aromatic heterocycles. The van der Waals surface area contributed by atoms with Crippen LogP contribution in [0.5, 0.6) is 5.75 Å². The van der Waals surface area contributed by atoms with Gasteiger partial charge >= 0.3 is 0 Å². The highest BCUT2D eigenvalue weighted by Crippen LogP contribution is 2.24. The van der Waals surface area contributed by atoms with Crippen LogP contribution in [-0.4, -0.2) is 42.2 Å². The van der Waals surface area contributed by atoms with Crippen LogP contribution in [0, 0.1) is 0 Å². The summed E-state index contributed by atoms with van der Waals surface area (Å²) in [6, 6.07) is 5.25. The molecule has 1 amide bonds. The summed E-state index contributed by atoms with van der Waals surface area (Å²) in [5, 5.41) is 9.84. The van der Waals surface area contributed by atoms with Crippen molar-refractivity contribution in [1.29, 1.82) is 0 Å². The number of hydrogen-bond acceptors (Lipinski definition) is 3. The number of nitrogens with zero attached hydrogens (tertiary/aromatic N) is 1. The lowest BCUT2D eigenvalue weighted by Gasteiger charge is -2.27. The third-order valence-electron chi connectivity index (χ3n) is 3.22. The topological polar surface area (TPSA) is 49.8 Å². The van der Waals surface area contributed by atoms with Crippen LogP contribution >= 0.6 is 0 Å². The van der Waals surface area contributed by atoms with E-state index in [4.69, 9.17) is 4.74 Å². The Hall–Kier alpha value is -1.55. The van der Waals surface area contributed by atoms with E-state index in [2.05, 4.69) is 13.8 Å². The minimum Gasteiger partial charge on any atom is -0.507 e. The lowest BCUT2D eigenvalue weighted by molar-refractivity contribution is 0.0301. The Balaban J connectivity index is 2.25. The molecule has 1 N–H and O–H groups in total. The summed E-state index contributed by atoms with van der Waals surface area (Å²) in [4.78, 5) is 14.0. The Morgan fingerprint density at radius 3 is 2.61 bits per heavy atom. The minimum absolute atomic E-state index is 0.0518. The van der Waals surface area contributed by atoms with Crippen molar-refractivity contribution < 1.29 is 14.6 Å². The van der Waals surface area contributed by atoms with Gasteiger partial charge in [-0.1, -0.05) is 19.9 Å². The van der Waals surface area contributed by atoms with Crippen molar-refractivity contribution in [1.82, 2.24) is 4.90 Å². The Kier molecular flexibility index (Phi) is 3.87. The maximum Gasteiger partial charge on any atom is 0.257 e. The highest BCUT2D eigenvalue weighted by Gasteiger charge is 2.21. The number of hydrogen-bond donors (Lipinski definition) is 1. The van der Waals surface area contributed by atoms with Crippen molar-refractivity contribution in [2.45, 2.75) is 19.8 Å². The van der Waals surface area contributed by atoms with Crippen LogP contribution in [0.2, 0.25) is 0 Å². The number of phenols is 1. The zero-order valence-electron chi connectivity index (χ0n) is 10.8. The van der Waals surface area contributed by atoms with Gasteiger partial charge in [0.1, 0.15) is 5.75 Å². The summed E-state index contributed by atoms with van der Waals surface area (Å²) >= 11 is 0. The molecule has 0 aliphatic carbocycles. The molecule has 0 bridgehead atoms. The van der Waals surface area contributed by atoms with E-state index in [1.807, 2.05) is 6.07 Å². The lowest BCUT2D eigenvalue weighted by Crippen LogP contribution is -2.40. The molecule has 0 spiro atoms. The number of benzene rings is 1. The second kappa shape index (κ2) is 5.40. The SMILES string of the molecule is CC(C)c1ccc(O)c(C(=O)N2CCOCC2)c1. The number of rotatable bonds is 2. The summed E-state index contributed by atoms with van der Waals surface area (Å²) < 4.78 is 5.22. The number of ether oxygens (including phenoxy) is 1. The van der Waals surface area contributed by atoms with Crippen molar-refractivity contribution >= 4 is 5.91 Å². The van der Waals surface area contributed by atoms with Crippen molar-refractivity contribution in [3.05, 3.63) is 29.3 Å². The van der Waals surface area contributed by atoms with Gasteiger partial charge in [-0.15, -0.1) is 0 Å². The first-order valence-electron chi connectivity index (χ1n) is 6.29. The molecule has 1 saturated heterocycles. The molecule has 0 saturated carbocycles. The molecule has 18 heavy (non-hydrogen) atoms. The predicted octanol–water partition coefficient (Wildman–Crippen LogP) is 1.99. The molecule has 1 aromatic carbocycles. The summed E-state index contributed by atoms with van der Waals surface area (Å²) in [6.45, 7) is 6.44. The quantitative estimate of drug-likeness (QED) is 0.872. The summed E-state index contributed by atoms with van der Waals surface area (Å²) in [6.07, 6.45) is 0. The van der Waals surface area contributed by atoms with Crippen LogP contribution in [-0.2, 0) is 4.74 Å². The number of carbonyl (C=O) groups excluding carboxylic acids is 1. The molecule has 1 fully saturated rings. The highest BCUT2D eigenvalue weighted by molar-refractivity contribution is 5.97. The van der Waals surface area contributed by atoms with E-state index in [1.165, 1.54) is 0 Å². The van der Waals surface area contributed by atoms with E-state index in [9.17, 15) is 9.90 Å². The van der Waals surface area contributed by atoms with Gasteiger partial charge in [0.2, 0.25) is 0 Å². The fourth-order valence-electron chi connectivity index (χ4n) is 2.02. The number of amides is 1. The average molecular weight is 249 g/mol. The van der Waals surface area contributed by atoms with Gasteiger partial charge in [0.15, 0.2) is 0 Å². The van der Waals surface area contributed by atoms with Crippen molar-refractivity contribution in [2.24, 2.45) is 0 Å².